The minimum Gasteiger partial charge on any atom is -0.382 e. The molecule has 1 aliphatic rings. The van der Waals surface area contributed by atoms with E-state index in [9.17, 15) is 4.79 Å². The van der Waals surface area contributed by atoms with E-state index < -0.39 is 6.10 Å². The second-order valence-corrected chi connectivity index (χ2v) is 6.06. The molecule has 8 heteroatoms. The first-order valence-corrected chi connectivity index (χ1v) is 7.46. The molecule has 0 saturated carbocycles. The van der Waals surface area contributed by atoms with Crippen molar-refractivity contribution in [1.82, 2.24) is 15.5 Å². The number of amides is 1. The monoisotopic (exact) mass is 297 g/mol. The average Bonchev–Trinajstić information content (AvgIpc) is 3.03. The molecule has 0 spiro atoms. The maximum Gasteiger partial charge on any atom is 0.264 e. The van der Waals surface area contributed by atoms with Gasteiger partial charge in [0, 0.05) is 19.4 Å². The molecule has 20 heavy (non-hydrogen) atoms. The molecule has 0 aliphatic carbocycles. The van der Waals surface area contributed by atoms with Gasteiger partial charge in [-0.05, 0) is 12.3 Å². The van der Waals surface area contributed by atoms with Crippen molar-refractivity contribution in [2.24, 2.45) is 11.1 Å². The minimum absolute atomic E-state index is 0.110. The van der Waals surface area contributed by atoms with Crippen LogP contribution in [0, 0.1) is 5.92 Å². The number of aryl methyl sites for hydroxylation is 1. The van der Waals surface area contributed by atoms with Gasteiger partial charge in [-0.1, -0.05) is 30.3 Å². The Kier molecular flexibility index (Phi) is 4.89. The van der Waals surface area contributed by atoms with Crippen LogP contribution >= 0.6 is 11.3 Å². The lowest BCUT2D eigenvalue weighted by Gasteiger charge is -2.09. The summed E-state index contributed by atoms with van der Waals surface area (Å²) in [4.78, 5) is 17.0. The van der Waals surface area contributed by atoms with Gasteiger partial charge in [0.2, 0.25) is 11.2 Å². The predicted molar refractivity (Wildman–Crippen MR) is 77.4 cm³/mol. The number of aromatic nitrogens is 2. The van der Waals surface area contributed by atoms with E-state index in [4.69, 9.17) is 10.6 Å². The van der Waals surface area contributed by atoms with Crippen molar-refractivity contribution in [3.05, 3.63) is 5.01 Å². The highest BCUT2D eigenvalue weighted by molar-refractivity contribution is 7.15. The zero-order valence-electron chi connectivity index (χ0n) is 11.6. The topological polar surface area (TPSA) is 102 Å². The lowest BCUT2D eigenvalue weighted by molar-refractivity contribution is -0.131. The lowest BCUT2D eigenvalue weighted by atomic mass is 10.0. The summed E-state index contributed by atoms with van der Waals surface area (Å²) in [6.07, 6.45) is 1.65. The summed E-state index contributed by atoms with van der Waals surface area (Å²) >= 11 is 1.38. The number of oxime groups is 1. The summed E-state index contributed by atoms with van der Waals surface area (Å²) in [5.74, 6) is 0.205. The Hall–Kier alpha value is -1.70. The van der Waals surface area contributed by atoms with Crippen LogP contribution in [0.2, 0.25) is 0 Å². The smallest absolute Gasteiger partial charge is 0.264 e. The Morgan fingerprint density at radius 2 is 2.35 bits per heavy atom. The fraction of sp³-hybridized carbons (Fsp3) is 0.667. The van der Waals surface area contributed by atoms with Crippen molar-refractivity contribution in [3.63, 3.8) is 0 Å². The summed E-state index contributed by atoms with van der Waals surface area (Å²) < 4.78 is 0. The zero-order valence-corrected chi connectivity index (χ0v) is 12.4. The summed E-state index contributed by atoms with van der Waals surface area (Å²) in [6, 6.07) is 0. The van der Waals surface area contributed by atoms with Crippen molar-refractivity contribution in [3.8, 4) is 0 Å². The Bertz CT molecular complexity index is 500. The fourth-order valence-corrected chi connectivity index (χ4v) is 2.46. The first-order chi connectivity index (χ1) is 9.56. The van der Waals surface area contributed by atoms with Crippen molar-refractivity contribution in [1.29, 1.82) is 0 Å². The van der Waals surface area contributed by atoms with Crippen LogP contribution in [0.4, 0.5) is 5.13 Å². The van der Waals surface area contributed by atoms with E-state index in [2.05, 4.69) is 20.7 Å². The van der Waals surface area contributed by atoms with E-state index in [0.717, 1.165) is 23.6 Å². The van der Waals surface area contributed by atoms with Crippen LogP contribution in [0.5, 0.6) is 0 Å². The molecule has 0 fully saturated rings. The third-order valence-electron chi connectivity index (χ3n) is 3.00. The normalized spacial score (nSPS) is 17.9. The van der Waals surface area contributed by atoms with Crippen LogP contribution in [-0.4, -0.2) is 34.5 Å². The van der Waals surface area contributed by atoms with E-state index in [0.29, 0.717) is 24.0 Å². The number of nitrogen functional groups attached to an aromatic ring is 1. The second kappa shape index (κ2) is 6.65. The van der Waals surface area contributed by atoms with Crippen LogP contribution in [0.1, 0.15) is 31.7 Å². The Balaban J connectivity index is 1.64. The molecule has 0 bridgehead atoms. The molecule has 0 unspecified atom stereocenters. The molecule has 0 aromatic carbocycles. The first kappa shape index (κ1) is 14.7. The number of anilines is 1. The summed E-state index contributed by atoms with van der Waals surface area (Å²) in [5.41, 5.74) is 6.44. The molecule has 2 heterocycles. The number of rotatable bonds is 6. The molecular formula is C12H19N5O2S. The van der Waals surface area contributed by atoms with Crippen molar-refractivity contribution >= 4 is 28.1 Å². The molecular weight excluding hydrogens is 278 g/mol. The van der Waals surface area contributed by atoms with Crippen LogP contribution in [-0.2, 0) is 16.1 Å². The summed E-state index contributed by atoms with van der Waals surface area (Å²) in [7, 11) is 0. The van der Waals surface area contributed by atoms with Crippen molar-refractivity contribution in [2.45, 2.75) is 39.2 Å². The molecule has 0 radical (unpaired) electrons. The SMILES string of the molecule is CC(C)C1=NO[C@H](C(=O)NCCCc2nnc(N)s2)C1. The van der Waals surface area contributed by atoms with Gasteiger partial charge >= 0.3 is 0 Å². The average molecular weight is 297 g/mol. The highest BCUT2D eigenvalue weighted by atomic mass is 32.1. The van der Waals surface area contributed by atoms with Crippen LogP contribution in [0.15, 0.2) is 5.16 Å². The van der Waals surface area contributed by atoms with Crippen molar-refractivity contribution < 1.29 is 9.63 Å². The molecule has 110 valence electrons. The molecule has 1 aromatic rings. The third kappa shape index (κ3) is 3.89. The molecule has 2 rings (SSSR count). The quantitative estimate of drug-likeness (QED) is 0.762. The highest BCUT2D eigenvalue weighted by Gasteiger charge is 2.28. The molecule has 1 amide bonds. The molecule has 1 aliphatic heterocycles. The summed E-state index contributed by atoms with van der Waals surface area (Å²) in [5, 5.41) is 15.8. The van der Waals surface area contributed by atoms with Gasteiger partial charge in [-0.2, -0.15) is 0 Å². The molecule has 0 saturated heterocycles. The van der Waals surface area contributed by atoms with Gasteiger partial charge in [0.25, 0.3) is 5.91 Å². The van der Waals surface area contributed by atoms with E-state index >= 15 is 0 Å². The van der Waals surface area contributed by atoms with Crippen LogP contribution in [0.25, 0.3) is 0 Å². The number of nitrogens with two attached hydrogens (primary N) is 1. The van der Waals surface area contributed by atoms with Gasteiger partial charge in [-0.15, -0.1) is 10.2 Å². The summed E-state index contributed by atoms with van der Waals surface area (Å²) in [6.45, 7) is 4.65. The van der Waals surface area contributed by atoms with Crippen LogP contribution in [0.3, 0.4) is 0 Å². The van der Waals surface area contributed by atoms with Gasteiger partial charge in [-0.25, -0.2) is 0 Å². The van der Waals surface area contributed by atoms with Gasteiger partial charge in [-0.3, -0.25) is 4.79 Å². The van der Waals surface area contributed by atoms with Crippen LogP contribution < -0.4 is 11.1 Å². The van der Waals surface area contributed by atoms with E-state index in [1.54, 1.807) is 0 Å². The highest BCUT2D eigenvalue weighted by Crippen LogP contribution is 2.16. The Labute approximate surface area is 121 Å². The minimum atomic E-state index is -0.482. The molecule has 3 N–H and O–H groups in total. The van der Waals surface area contributed by atoms with Crippen molar-refractivity contribution in [2.75, 3.05) is 12.3 Å². The standard InChI is InChI=1S/C12H19N5O2S/c1-7(2)8-6-9(19-17-8)11(18)14-5-3-4-10-15-16-12(13)20-10/h7,9H,3-6H2,1-2H3,(H2,13,16)(H,14,18)/t9-/m0/s1. The van der Waals surface area contributed by atoms with Gasteiger partial charge in [0.15, 0.2) is 0 Å². The molecule has 7 nitrogen and oxygen atoms in total. The Morgan fingerprint density at radius 1 is 1.55 bits per heavy atom. The fourth-order valence-electron chi connectivity index (χ4n) is 1.81. The second-order valence-electron chi connectivity index (χ2n) is 4.96. The third-order valence-corrected chi connectivity index (χ3v) is 3.81. The zero-order chi connectivity index (χ0) is 14.5. The number of carbonyl (C=O) groups excluding carboxylic acids is 1. The lowest BCUT2D eigenvalue weighted by Crippen LogP contribution is -2.35. The number of hydrogen-bond acceptors (Lipinski definition) is 7. The van der Waals surface area contributed by atoms with Gasteiger partial charge in [0.1, 0.15) is 5.01 Å². The largest absolute Gasteiger partial charge is 0.382 e. The predicted octanol–water partition coefficient (Wildman–Crippen LogP) is 0.970. The van der Waals surface area contributed by atoms with E-state index in [-0.39, 0.29) is 5.91 Å². The first-order valence-electron chi connectivity index (χ1n) is 6.64. The van der Waals surface area contributed by atoms with E-state index in [1.165, 1.54) is 11.3 Å². The maximum atomic E-state index is 11.9. The van der Waals surface area contributed by atoms with Gasteiger partial charge in [0.05, 0.1) is 5.71 Å². The maximum absolute atomic E-state index is 11.9. The molecule has 1 aromatic heterocycles. The number of nitrogens with zero attached hydrogens (tertiary/aromatic N) is 3. The van der Waals surface area contributed by atoms with E-state index in [1.807, 2.05) is 13.8 Å². The number of carbonyl (C=O) groups is 1. The Morgan fingerprint density at radius 3 is 2.95 bits per heavy atom. The van der Waals surface area contributed by atoms with Gasteiger partial charge < -0.3 is 15.9 Å². The number of hydrogen-bond donors (Lipinski definition) is 2. The number of nitrogens with one attached hydrogen (secondary N) is 1. The molecule has 1 atom stereocenters.